The van der Waals surface area contributed by atoms with Gasteiger partial charge < -0.3 is 13.9 Å². The van der Waals surface area contributed by atoms with Gasteiger partial charge in [0.2, 0.25) is 21.8 Å². The lowest BCUT2D eigenvalue weighted by Gasteiger charge is -2.30. The highest BCUT2D eigenvalue weighted by molar-refractivity contribution is 7.89. The van der Waals surface area contributed by atoms with E-state index in [0.29, 0.717) is 43.4 Å². The summed E-state index contributed by atoms with van der Waals surface area (Å²) in [6, 6.07) is 13.9. The Hall–Kier alpha value is -3.44. The standard InChI is InChI=1S/C22H22N4O6S/c27-20(23-22-25-24-21(32-22)16-4-2-1-3-5-16)15-8-10-26(11-9-15)33(28,29)17-6-7-18-19(14-17)31-13-12-30-18/h1-7,14-15H,8-13H2,(H,23,25,27). The number of amides is 1. The Balaban J connectivity index is 1.20. The van der Waals surface area contributed by atoms with Crippen LogP contribution in [0, 0.1) is 5.92 Å². The SMILES string of the molecule is O=C(Nc1nnc(-c2ccccc2)o1)C1CCN(S(=O)(=O)c2ccc3c(c2)OCCO3)CC1. The number of rotatable bonds is 5. The van der Waals surface area contributed by atoms with Crippen LogP contribution in [0.5, 0.6) is 11.5 Å². The Kier molecular flexibility index (Phi) is 5.73. The molecule has 1 amide bonds. The van der Waals surface area contributed by atoms with Crippen molar-refractivity contribution in [1.82, 2.24) is 14.5 Å². The van der Waals surface area contributed by atoms with Gasteiger partial charge in [0.15, 0.2) is 11.5 Å². The monoisotopic (exact) mass is 470 g/mol. The van der Waals surface area contributed by atoms with Crippen molar-refractivity contribution in [3.05, 3.63) is 48.5 Å². The molecule has 0 aliphatic carbocycles. The highest BCUT2D eigenvalue weighted by Gasteiger charge is 2.33. The van der Waals surface area contributed by atoms with Gasteiger partial charge in [0.1, 0.15) is 13.2 Å². The van der Waals surface area contributed by atoms with Crippen LogP contribution in [0.3, 0.4) is 0 Å². The number of hydrogen-bond acceptors (Lipinski definition) is 8. The van der Waals surface area contributed by atoms with Gasteiger partial charge in [-0.3, -0.25) is 10.1 Å². The van der Waals surface area contributed by atoms with Crippen molar-refractivity contribution in [3.63, 3.8) is 0 Å². The maximum atomic E-state index is 13.1. The first kappa shape index (κ1) is 21.4. The van der Waals surface area contributed by atoms with Crippen molar-refractivity contribution in [2.45, 2.75) is 17.7 Å². The molecule has 0 radical (unpaired) electrons. The van der Waals surface area contributed by atoms with Gasteiger partial charge in [-0.2, -0.15) is 4.31 Å². The zero-order chi connectivity index (χ0) is 22.8. The van der Waals surface area contributed by atoms with Crippen molar-refractivity contribution in [3.8, 4) is 23.0 Å². The Morgan fingerprint density at radius 3 is 2.45 bits per heavy atom. The number of carbonyl (C=O) groups is 1. The highest BCUT2D eigenvalue weighted by Crippen LogP contribution is 2.34. The molecule has 1 aromatic heterocycles. The Labute approximate surface area is 190 Å². The molecule has 11 heteroatoms. The van der Waals surface area contributed by atoms with E-state index in [2.05, 4.69) is 15.5 Å². The van der Waals surface area contributed by atoms with Crippen LogP contribution in [-0.2, 0) is 14.8 Å². The lowest BCUT2D eigenvalue weighted by molar-refractivity contribution is -0.121. The second kappa shape index (κ2) is 8.83. The van der Waals surface area contributed by atoms with E-state index < -0.39 is 10.0 Å². The summed E-state index contributed by atoms with van der Waals surface area (Å²) in [5.41, 5.74) is 0.753. The molecule has 172 valence electrons. The fourth-order valence-corrected chi connectivity index (χ4v) is 5.36. The van der Waals surface area contributed by atoms with Gasteiger partial charge in [-0.1, -0.05) is 23.3 Å². The number of piperidine rings is 1. The fraction of sp³-hybridized carbons (Fsp3) is 0.318. The fourth-order valence-electron chi connectivity index (χ4n) is 3.87. The first-order valence-corrected chi connectivity index (χ1v) is 12.0. The molecule has 1 N–H and O–H groups in total. The molecule has 10 nitrogen and oxygen atoms in total. The Bertz CT molecular complexity index is 1250. The molecule has 0 spiro atoms. The molecule has 2 aliphatic heterocycles. The number of ether oxygens (including phenoxy) is 2. The van der Waals surface area contributed by atoms with E-state index in [1.165, 1.54) is 16.4 Å². The number of anilines is 1. The molecule has 1 saturated heterocycles. The van der Waals surface area contributed by atoms with E-state index in [1.54, 1.807) is 6.07 Å². The third kappa shape index (κ3) is 4.41. The average molecular weight is 471 g/mol. The topological polar surface area (TPSA) is 124 Å². The molecule has 1 fully saturated rings. The minimum Gasteiger partial charge on any atom is -0.486 e. The lowest BCUT2D eigenvalue weighted by atomic mass is 9.97. The zero-order valence-corrected chi connectivity index (χ0v) is 18.5. The van der Waals surface area contributed by atoms with E-state index in [-0.39, 0.29) is 35.8 Å². The summed E-state index contributed by atoms with van der Waals surface area (Å²) in [6.07, 6.45) is 0.768. The van der Waals surface area contributed by atoms with E-state index >= 15 is 0 Å². The summed E-state index contributed by atoms with van der Waals surface area (Å²) in [4.78, 5) is 12.8. The number of carbonyl (C=O) groups excluding carboxylic acids is 1. The van der Waals surface area contributed by atoms with Gasteiger partial charge in [0.25, 0.3) is 0 Å². The molecule has 2 aliphatic rings. The number of nitrogens with one attached hydrogen (secondary N) is 1. The van der Waals surface area contributed by atoms with Gasteiger partial charge in [-0.25, -0.2) is 8.42 Å². The maximum Gasteiger partial charge on any atom is 0.322 e. The molecule has 3 heterocycles. The van der Waals surface area contributed by atoms with Crippen LogP contribution < -0.4 is 14.8 Å². The quantitative estimate of drug-likeness (QED) is 0.603. The normalized spacial score (nSPS) is 17.0. The van der Waals surface area contributed by atoms with Crippen molar-refractivity contribution in [1.29, 1.82) is 0 Å². The van der Waals surface area contributed by atoms with Gasteiger partial charge in [0.05, 0.1) is 4.90 Å². The minimum absolute atomic E-state index is 0.0187. The maximum absolute atomic E-state index is 13.1. The van der Waals surface area contributed by atoms with Crippen molar-refractivity contribution in [2.75, 3.05) is 31.6 Å². The predicted octanol–water partition coefficient (Wildman–Crippen LogP) is 2.55. The third-order valence-corrected chi connectivity index (χ3v) is 7.55. The summed E-state index contributed by atoms with van der Waals surface area (Å²) >= 11 is 0. The number of nitrogens with zero attached hydrogens (tertiary/aromatic N) is 3. The summed E-state index contributed by atoms with van der Waals surface area (Å²) < 4.78 is 44.0. The van der Waals surface area contributed by atoms with Gasteiger partial charge in [-0.05, 0) is 37.1 Å². The number of aromatic nitrogens is 2. The van der Waals surface area contributed by atoms with Crippen molar-refractivity contribution >= 4 is 21.9 Å². The van der Waals surface area contributed by atoms with Crippen LogP contribution in [0.4, 0.5) is 6.01 Å². The minimum atomic E-state index is -3.71. The smallest absolute Gasteiger partial charge is 0.322 e. The Morgan fingerprint density at radius 2 is 1.70 bits per heavy atom. The molecular weight excluding hydrogens is 448 g/mol. The summed E-state index contributed by atoms with van der Waals surface area (Å²) in [5.74, 6) is 0.641. The molecular formula is C22H22N4O6S. The predicted molar refractivity (Wildman–Crippen MR) is 117 cm³/mol. The van der Waals surface area contributed by atoms with Gasteiger partial charge in [0, 0.05) is 30.6 Å². The van der Waals surface area contributed by atoms with Crippen molar-refractivity contribution < 1.29 is 27.1 Å². The van der Waals surface area contributed by atoms with E-state index in [0.717, 1.165) is 5.56 Å². The van der Waals surface area contributed by atoms with Crippen LogP contribution in [0.2, 0.25) is 0 Å². The Morgan fingerprint density at radius 1 is 0.970 bits per heavy atom. The molecule has 3 aromatic rings. The molecule has 0 bridgehead atoms. The van der Waals surface area contributed by atoms with E-state index in [4.69, 9.17) is 13.9 Å². The highest BCUT2D eigenvalue weighted by atomic mass is 32.2. The van der Waals surface area contributed by atoms with Gasteiger partial charge >= 0.3 is 6.01 Å². The number of benzene rings is 2. The first-order chi connectivity index (χ1) is 16.0. The largest absolute Gasteiger partial charge is 0.486 e. The zero-order valence-electron chi connectivity index (χ0n) is 17.6. The summed E-state index contributed by atoms with van der Waals surface area (Å²) in [5, 5.41) is 10.5. The van der Waals surface area contributed by atoms with Crippen LogP contribution in [0.1, 0.15) is 12.8 Å². The van der Waals surface area contributed by atoms with Crippen LogP contribution in [-0.4, -0.2) is 55.1 Å². The van der Waals surface area contributed by atoms with Crippen LogP contribution in [0.15, 0.2) is 57.8 Å². The van der Waals surface area contributed by atoms with Crippen molar-refractivity contribution in [2.24, 2.45) is 5.92 Å². The molecule has 33 heavy (non-hydrogen) atoms. The summed E-state index contributed by atoms with van der Waals surface area (Å²) in [6.45, 7) is 1.28. The third-order valence-electron chi connectivity index (χ3n) is 5.65. The lowest BCUT2D eigenvalue weighted by Crippen LogP contribution is -2.41. The second-order valence-corrected chi connectivity index (χ2v) is 9.69. The number of hydrogen-bond donors (Lipinski definition) is 1. The van der Waals surface area contributed by atoms with E-state index in [1.807, 2.05) is 30.3 Å². The van der Waals surface area contributed by atoms with E-state index in [9.17, 15) is 13.2 Å². The number of sulfonamides is 1. The average Bonchev–Trinajstić information content (AvgIpc) is 3.33. The molecule has 5 rings (SSSR count). The van der Waals surface area contributed by atoms with Crippen LogP contribution >= 0.6 is 0 Å². The first-order valence-electron chi connectivity index (χ1n) is 10.6. The molecule has 0 saturated carbocycles. The molecule has 0 atom stereocenters. The van der Waals surface area contributed by atoms with Gasteiger partial charge in [-0.15, -0.1) is 5.10 Å². The van der Waals surface area contributed by atoms with Crippen LogP contribution in [0.25, 0.3) is 11.5 Å². The summed E-state index contributed by atoms with van der Waals surface area (Å²) in [7, 11) is -3.71. The molecule has 2 aromatic carbocycles. The molecule has 0 unspecified atom stereocenters. The second-order valence-electron chi connectivity index (χ2n) is 7.75. The number of fused-ring (bicyclic) bond motifs is 1.